The lowest BCUT2D eigenvalue weighted by molar-refractivity contribution is -0.137. The van der Waals surface area contributed by atoms with Crippen LogP contribution in [-0.2, 0) is 11.7 Å². The molecular formula is C20H19F4N7O2. The number of aromatic nitrogens is 5. The lowest BCUT2D eigenvalue weighted by Crippen LogP contribution is -2.70. The van der Waals surface area contributed by atoms with E-state index in [1.54, 1.807) is 11.8 Å². The summed E-state index contributed by atoms with van der Waals surface area (Å²) in [6, 6.07) is 2.42. The van der Waals surface area contributed by atoms with Gasteiger partial charge in [0.1, 0.15) is 17.4 Å². The number of likely N-dealkylation sites (tertiary alicyclic amines) is 1. The van der Waals surface area contributed by atoms with Gasteiger partial charge in [0.15, 0.2) is 0 Å². The van der Waals surface area contributed by atoms with E-state index in [1.807, 2.05) is 0 Å². The predicted octanol–water partition coefficient (Wildman–Crippen LogP) is 4.05. The second kappa shape index (κ2) is 7.25. The Labute approximate surface area is 184 Å². The summed E-state index contributed by atoms with van der Waals surface area (Å²) in [5.74, 6) is 0.0327. The minimum atomic E-state index is -4.73. The number of urea groups is 1. The number of nitrogens with one attached hydrogen (secondary N) is 1. The first-order valence-electron chi connectivity index (χ1n) is 10.3. The summed E-state index contributed by atoms with van der Waals surface area (Å²) in [5.41, 5.74) is -2.25. The van der Waals surface area contributed by atoms with Gasteiger partial charge in [0.25, 0.3) is 5.95 Å². The highest BCUT2D eigenvalue weighted by atomic mass is 19.4. The van der Waals surface area contributed by atoms with Crippen LogP contribution in [0.15, 0.2) is 28.8 Å². The molecule has 1 saturated heterocycles. The molecule has 5 rings (SSSR count). The molecule has 9 nitrogen and oxygen atoms in total. The molecule has 0 radical (unpaired) electrons. The van der Waals surface area contributed by atoms with Crippen LogP contribution in [0, 0.1) is 18.8 Å². The average Bonchev–Trinajstić information content (AvgIpc) is 3.35. The molecule has 2 bridgehead atoms. The number of amides is 2. The first-order valence-corrected chi connectivity index (χ1v) is 10.3. The Balaban J connectivity index is 1.46. The van der Waals surface area contributed by atoms with Gasteiger partial charge in [-0.3, -0.25) is 0 Å². The summed E-state index contributed by atoms with van der Waals surface area (Å²) < 4.78 is 59.4. The Morgan fingerprint density at radius 2 is 2.06 bits per heavy atom. The van der Waals surface area contributed by atoms with Crippen LogP contribution in [0.4, 0.5) is 28.0 Å². The topological polar surface area (TPSA) is 102 Å². The molecule has 2 amide bonds. The summed E-state index contributed by atoms with van der Waals surface area (Å²) >= 11 is 0. The molecular weight excluding hydrogens is 446 g/mol. The molecule has 2 aromatic heterocycles. The fourth-order valence-electron chi connectivity index (χ4n) is 4.99. The van der Waals surface area contributed by atoms with Crippen LogP contribution in [-0.4, -0.2) is 42.2 Å². The van der Waals surface area contributed by atoms with Gasteiger partial charge < -0.3 is 14.6 Å². The van der Waals surface area contributed by atoms with Crippen LogP contribution >= 0.6 is 0 Å². The lowest BCUT2D eigenvalue weighted by Gasteiger charge is -2.61. The van der Waals surface area contributed by atoms with Crippen molar-refractivity contribution in [2.75, 3.05) is 5.32 Å². The lowest BCUT2D eigenvalue weighted by atomic mass is 9.64. The van der Waals surface area contributed by atoms with Crippen molar-refractivity contribution in [3.05, 3.63) is 47.7 Å². The number of hydrogen-bond donors (Lipinski definition) is 1. The first kappa shape index (κ1) is 21.3. The molecule has 2 aliphatic rings. The van der Waals surface area contributed by atoms with Gasteiger partial charge in [-0.25, -0.2) is 4.79 Å². The van der Waals surface area contributed by atoms with E-state index in [9.17, 15) is 22.4 Å². The molecule has 2 fully saturated rings. The minimum absolute atomic E-state index is 0.0586. The first-order chi connectivity index (χ1) is 15.6. The quantitative estimate of drug-likeness (QED) is 0.586. The number of anilines is 1. The Hall–Kier alpha value is -3.51. The molecule has 2 unspecified atom stereocenters. The third kappa shape index (κ3) is 3.51. The Kier molecular flexibility index (Phi) is 4.69. The summed E-state index contributed by atoms with van der Waals surface area (Å²) in [5, 5.41) is 17.5. The molecule has 1 aliphatic carbocycles. The third-order valence-electron chi connectivity index (χ3n) is 6.14. The SMILES string of the molecule is Cc1nnc(C23CC(C[C@@H](C)C2)N3C(=O)Nc2ccc(C(F)(F)F)c(-n3ncc(F)n3)c2)o1. The number of halogens is 4. The van der Waals surface area contributed by atoms with Crippen molar-refractivity contribution in [3.63, 3.8) is 0 Å². The maximum Gasteiger partial charge on any atom is 0.418 e. The van der Waals surface area contributed by atoms with Crippen molar-refractivity contribution in [3.8, 4) is 5.69 Å². The Bertz CT molecular complexity index is 1220. The van der Waals surface area contributed by atoms with E-state index >= 15 is 0 Å². The zero-order valence-electron chi connectivity index (χ0n) is 17.6. The van der Waals surface area contributed by atoms with Crippen molar-refractivity contribution in [2.45, 2.75) is 50.9 Å². The number of benzene rings is 1. The average molecular weight is 465 g/mol. The van der Waals surface area contributed by atoms with Crippen LogP contribution in [0.25, 0.3) is 5.69 Å². The number of rotatable bonds is 3. The number of aryl methyl sites for hydroxylation is 1. The van der Waals surface area contributed by atoms with Gasteiger partial charge in [0, 0.05) is 25.1 Å². The van der Waals surface area contributed by atoms with E-state index in [-0.39, 0.29) is 11.7 Å². The van der Waals surface area contributed by atoms with E-state index < -0.39 is 34.9 Å². The van der Waals surface area contributed by atoms with Crippen molar-refractivity contribution >= 4 is 11.7 Å². The van der Waals surface area contributed by atoms with Crippen molar-refractivity contribution < 1.29 is 26.8 Å². The number of piperidine rings is 1. The number of hydrogen-bond acceptors (Lipinski definition) is 6. The molecule has 3 atom stereocenters. The molecule has 1 saturated carbocycles. The highest BCUT2D eigenvalue weighted by molar-refractivity contribution is 5.91. The summed E-state index contributed by atoms with van der Waals surface area (Å²) in [4.78, 5) is 15.4. The van der Waals surface area contributed by atoms with E-state index in [4.69, 9.17) is 4.42 Å². The summed E-state index contributed by atoms with van der Waals surface area (Å²) in [6.07, 6.45) is -1.94. The minimum Gasteiger partial charge on any atom is -0.423 e. The maximum atomic E-state index is 13.5. The van der Waals surface area contributed by atoms with Crippen LogP contribution in [0.2, 0.25) is 0 Å². The van der Waals surface area contributed by atoms with Crippen molar-refractivity contribution in [2.24, 2.45) is 5.92 Å². The molecule has 1 aliphatic heterocycles. The standard InChI is InChI=1S/C20H19F4N7O2/c1-10-5-13-8-19(7-10,17-28-27-11(2)33-17)30(13)18(32)26-12-3-4-14(20(22,23)24)15(6-12)31-25-9-16(21)29-31/h3-4,6,9-10,13H,5,7-8H2,1-2H3,(H,26,32)/t10-,13?,19?/m1/s1. The second-order valence-corrected chi connectivity index (χ2v) is 8.55. The van der Waals surface area contributed by atoms with Crippen LogP contribution < -0.4 is 5.32 Å². The van der Waals surface area contributed by atoms with Gasteiger partial charge in [-0.15, -0.1) is 20.1 Å². The second-order valence-electron chi connectivity index (χ2n) is 8.55. The highest BCUT2D eigenvalue weighted by Crippen LogP contribution is 2.55. The number of carbonyl (C=O) groups excluding carboxylic acids is 1. The number of fused-ring (bicyclic) bond motifs is 2. The van der Waals surface area contributed by atoms with E-state index in [0.717, 1.165) is 24.6 Å². The monoisotopic (exact) mass is 465 g/mol. The maximum absolute atomic E-state index is 13.5. The number of carbonyl (C=O) groups is 1. The van der Waals surface area contributed by atoms with Crippen LogP contribution in [0.3, 0.4) is 0 Å². The zero-order chi connectivity index (χ0) is 23.5. The highest BCUT2D eigenvalue weighted by Gasteiger charge is 2.62. The van der Waals surface area contributed by atoms with E-state index in [1.165, 1.54) is 0 Å². The Morgan fingerprint density at radius 1 is 1.27 bits per heavy atom. The number of nitrogens with zero attached hydrogens (tertiary/aromatic N) is 6. The molecule has 13 heteroatoms. The predicted molar refractivity (Wildman–Crippen MR) is 105 cm³/mol. The molecule has 1 N–H and O–H groups in total. The largest absolute Gasteiger partial charge is 0.423 e. The van der Waals surface area contributed by atoms with Gasteiger partial charge in [-0.1, -0.05) is 6.92 Å². The zero-order valence-corrected chi connectivity index (χ0v) is 17.6. The molecule has 3 aromatic rings. The molecule has 0 spiro atoms. The normalized spacial score (nSPS) is 24.5. The molecule has 33 heavy (non-hydrogen) atoms. The van der Waals surface area contributed by atoms with Crippen molar-refractivity contribution in [1.29, 1.82) is 0 Å². The molecule has 1 aromatic carbocycles. The third-order valence-corrected chi connectivity index (χ3v) is 6.14. The fraction of sp³-hybridized carbons (Fsp3) is 0.450. The van der Waals surface area contributed by atoms with Gasteiger partial charge in [0.05, 0.1) is 5.56 Å². The summed E-state index contributed by atoms with van der Waals surface area (Å²) in [7, 11) is 0. The van der Waals surface area contributed by atoms with Gasteiger partial charge in [-0.2, -0.15) is 22.7 Å². The van der Waals surface area contributed by atoms with E-state index in [0.29, 0.717) is 41.5 Å². The smallest absolute Gasteiger partial charge is 0.418 e. The van der Waals surface area contributed by atoms with Crippen LogP contribution in [0.1, 0.15) is 43.5 Å². The Morgan fingerprint density at radius 3 is 2.70 bits per heavy atom. The van der Waals surface area contributed by atoms with Crippen LogP contribution in [0.5, 0.6) is 0 Å². The number of alkyl halides is 3. The van der Waals surface area contributed by atoms with Crippen molar-refractivity contribution in [1.82, 2.24) is 30.1 Å². The van der Waals surface area contributed by atoms with Gasteiger partial charge in [-0.05, 0) is 37.0 Å². The molecule has 174 valence electrons. The molecule has 3 heterocycles. The fourth-order valence-corrected chi connectivity index (χ4v) is 4.99. The van der Waals surface area contributed by atoms with E-state index in [2.05, 4.69) is 32.6 Å². The van der Waals surface area contributed by atoms with Gasteiger partial charge in [0.2, 0.25) is 11.8 Å². The van der Waals surface area contributed by atoms with Gasteiger partial charge >= 0.3 is 12.2 Å². The summed E-state index contributed by atoms with van der Waals surface area (Å²) in [6.45, 7) is 3.74.